The summed E-state index contributed by atoms with van der Waals surface area (Å²) in [6.07, 6.45) is 1.82. The molecule has 1 saturated heterocycles. The molecule has 0 aliphatic carbocycles. The van der Waals surface area contributed by atoms with Crippen LogP contribution in [0.2, 0.25) is 0 Å². The van der Waals surface area contributed by atoms with E-state index in [0.717, 1.165) is 42.8 Å². The molecule has 1 unspecified atom stereocenters. The van der Waals surface area contributed by atoms with Crippen LogP contribution in [0.3, 0.4) is 0 Å². The Kier molecular flexibility index (Phi) is 3.93. The summed E-state index contributed by atoms with van der Waals surface area (Å²) < 4.78 is 5.46. The fourth-order valence-corrected chi connectivity index (χ4v) is 3.12. The smallest absolute Gasteiger partial charge is 0.0705 e. The zero-order valence-electron chi connectivity index (χ0n) is 12.7. The molecule has 4 nitrogen and oxygen atoms in total. The van der Waals surface area contributed by atoms with E-state index >= 15 is 0 Å². The minimum absolute atomic E-state index is 0.0662. The largest absolute Gasteiger partial charge is 0.379 e. The number of nitrogens with two attached hydrogens (primary N) is 1. The average molecular weight is 285 g/mol. The molecule has 0 amide bonds. The Balaban J connectivity index is 1.97. The molecular weight excluding hydrogens is 262 g/mol. The zero-order chi connectivity index (χ0) is 14.9. The summed E-state index contributed by atoms with van der Waals surface area (Å²) in [5, 5.41) is 1.15. The second-order valence-electron chi connectivity index (χ2n) is 6.15. The Bertz CT molecular complexity index is 615. The molecule has 4 heteroatoms. The molecule has 0 saturated carbocycles. The molecule has 1 fully saturated rings. The van der Waals surface area contributed by atoms with Crippen LogP contribution in [0.25, 0.3) is 10.9 Å². The van der Waals surface area contributed by atoms with Crippen LogP contribution in [0.15, 0.2) is 36.5 Å². The molecule has 112 valence electrons. The van der Waals surface area contributed by atoms with Crippen LogP contribution >= 0.6 is 0 Å². The van der Waals surface area contributed by atoms with Gasteiger partial charge in [-0.2, -0.15) is 0 Å². The van der Waals surface area contributed by atoms with Gasteiger partial charge in [0.25, 0.3) is 0 Å². The van der Waals surface area contributed by atoms with Crippen molar-refractivity contribution < 1.29 is 4.74 Å². The van der Waals surface area contributed by atoms with Crippen LogP contribution in [0.1, 0.15) is 25.5 Å². The Hall–Kier alpha value is -1.49. The summed E-state index contributed by atoms with van der Waals surface area (Å²) in [6, 6.07) is 10.2. The Morgan fingerprint density at radius 2 is 1.95 bits per heavy atom. The summed E-state index contributed by atoms with van der Waals surface area (Å²) in [6.45, 7) is 7.88. The normalized spacial score (nSPS) is 18.8. The molecule has 2 heterocycles. The third kappa shape index (κ3) is 2.67. The lowest BCUT2D eigenvalue weighted by molar-refractivity contribution is -0.0189. The third-order valence-electron chi connectivity index (χ3n) is 4.60. The summed E-state index contributed by atoms with van der Waals surface area (Å²) in [5.74, 6) is 0. The van der Waals surface area contributed by atoms with Gasteiger partial charge in [0, 0.05) is 36.3 Å². The monoisotopic (exact) mass is 285 g/mol. The predicted octanol–water partition coefficient (Wildman–Crippen LogP) is 2.35. The Morgan fingerprint density at radius 3 is 2.71 bits per heavy atom. The maximum atomic E-state index is 6.66. The van der Waals surface area contributed by atoms with Crippen LogP contribution in [0, 0.1) is 0 Å². The van der Waals surface area contributed by atoms with Gasteiger partial charge in [-0.3, -0.25) is 9.88 Å². The van der Waals surface area contributed by atoms with Crippen LogP contribution in [-0.2, 0) is 4.74 Å². The van der Waals surface area contributed by atoms with E-state index in [2.05, 4.69) is 35.9 Å². The minimum Gasteiger partial charge on any atom is -0.379 e. The molecule has 0 bridgehead atoms. The number of fused-ring (bicyclic) bond motifs is 1. The molecule has 1 aliphatic rings. The van der Waals surface area contributed by atoms with Gasteiger partial charge >= 0.3 is 0 Å². The van der Waals surface area contributed by atoms with Crippen LogP contribution < -0.4 is 5.73 Å². The van der Waals surface area contributed by atoms with Gasteiger partial charge in [-0.05, 0) is 31.5 Å². The van der Waals surface area contributed by atoms with Crippen molar-refractivity contribution in [2.24, 2.45) is 5.73 Å². The van der Waals surface area contributed by atoms with E-state index in [-0.39, 0.29) is 11.6 Å². The maximum Gasteiger partial charge on any atom is 0.0705 e. The summed E-state index contributed by atoms with van der Waals surface area (Å²) >= 11 is 0. The molecule has 1 aromatic heterocycles. The first-order chi connectivity index (χ1) is 10.1. The van der Waals surface area contributed by atoms with Crippen molar-refractivity contribution in [2.75, 3.05) is 26.3 Å². The minimum atomic E-state index is -0.117. The number of ether oxygens (including phenoxy) is 1. The van der Waals surface area contributed by atoms with E-state index in [1.165, 1.54) is 0 Å². The summed E-state index contributed by atoms with van der Waals surface area (Å²) in [7, 11) is 0. The summed E-state index contributed by atoms with van der Waals surface area (Å²) in [4.78, 5) is 6.86. The lowest BCUT2D eigenvalue weighted by atomic mass is 9.85. The molecule has 3 rings (SSSR count). The van der Waals surface area contributed by atoms with E-state index in [9.17, 15) is 0 Å². The molecule has 0 spiro atoms. The van der Waals surface area contributed by atoms with Crippen molar-refractivity contribution in [3.8, 4) is 0 Å². The van der Waals surface area contributed by atoms with Crippen LogP contribution in [0.4, 0.5) is 0 Å². The van der Waals surface area contributed by atoms with Gasteiger partial charge in [0.15, 0.2) is 0 Å². The van der Waals surface area contributed by atoms with E-state index in [4.69, 9.17) is 10.5 Å². The van der Waals surface area contributed by atoms with Gasteiger partial charge < -0.3 is 10.5 Å². The Labute approximate surface area is 125 Å². The van der Waals surface area contributed by atoms with Crippen molar-refractivity contribution >= 4 is 10.9 Å². The highest BCUT2D eigenvalue weighted by Crippen LogP contribution is 2.33. The molecule has 1 aromatic carbocycles. The SMILES string of the molecule is CC(C)(C(N)c1cccc2ncccc12)N1CCOCC1. The number of hydrogen-bond acceptors (Lipinski definition) is 4. The maximum absolute atomic E-state index is 6.66. The molecular formula is C17H23N3O. The van der Waals surface area contributed by atoms with Gasteiger partial charge in [0.05, 0.1) is 18.7 Å². The highest BCUT2D eigenvalue weighted by atomic mass is 16.5. The highest BCUT2D eigenvalue weighted by molar-refractivity contribution is 5.82. The van der Waals surface area contributed by atoms with E-state index < -0.39 is 0 Å². The number of morpholine rings is 1. The number of pyridine rings is 1. The molecule has 2 N–H and O–H groups in total. The van der Waals surface area contributed by atoms with E-state index in [1.807, 2.05) is 24.4 Å². The number of aromatic nitrogens is 1. The lowest BCUT2D eigenvalue weighted by Crippen LogP contribution is -2.55. The number of nitrogens with zero attached hydrogens (tertiary/aromatic N) is 2. The zero-order valence-corrected chi connectivity index (χ0v) is 12.7. The quantitative estimate of drug-likeness (QED) is 0.940. The third-order valence-corrected chi connectivity index (χ3v) is 4.60. The first-order valence-corrected chi connectivity index (χ1v) is 7.53. The molecule has 1 aliphatic heterocycles. The van der Waals surface area contributed by atoms with E-state index in [1.54, 1.807) is 0 Å². The van der Waals surface area contributed by atoms with Crippen molar-refractivity contribution in [2.45, 2.75) is 25.4 Å². The second kappa shape index (κ2) is 5.72. The van der Waals surface area contributed by atoms with E-state index in [0.29, 0.717) is 0 Å². The second-order valence-corrected chi connectivity index (χ2v) is 6.15. The topological polar surface area (TPSA) is 51.4 Å². The van der Waals surface area contributed by atoms with Crippen molar-refractivity contribution in [1.29, 1.82) is 0 Å². The van der Waals surface area contributed by atoms with Crippen LogP contribution in [-0.4, -0.2) is 41.7 Å². The highest BCUT2D eigenvalue weighted by Gasteiger charge is 2.35. The number of benzene rings is 1. The predicted molar refractivity (Wildman–Crippen MR) is 85.1 cm³/mol. The van der Waals surface area contributed by atoms with Gasteiger partial charge in [-0.1, -0.05) is 18.2 Å². The standard InChI is InChI=1S/C17H23N3O/c1-17(2,20-9-11-21-12-10-20)16(18)14-5-3-7-15-13(14)6-4-8-19-15/h3-8,16H,9-12,18H2,1-2H3. The fourth-order valence-electron chi connectivity index (χ4n) is 3.12. The number of rotatable bonds is 3. The lowest BCUT2D eigenvalue weighted by Gasteiger charge is -2.44. The van der Waals surface area contributed by atoms with Crippen LogP contribution in [0.5, 0.6) is 0 Å². The average Bonchev–Trinajstić information content (AvgIpc) is 2.54. The van der Waals surface area contributed by atoms with Gasteiger partial charge in [-0.25, -0.2) is 0 Å². The van der Waals surface area contributed by atoms with Crippen molar-refractivity contribution in [3.05, 3.63) is 42.1 Å². The molecule has 1 atom stereocenters. The number of hydrogen-bond donors (Lipinski definition) is 1. The molecule has 2 aromatic rings. The van der Waals surface area contributed by atoms with Gasteiger partial charge in [-0.15, -0.1) is 0 Å². The fraction of sp³-hybridized carbons (Fsp3) is 0.471. The molecule has 0 radical (unpaired) electrons. The van der Waals surface area contributed by atoms with Crippen molar-refractivity contribution in [3.63, 3.8) is 0 Å². The Morgan fingerprint density at radius 1 is 1.19 bits per heavy atom. The van der Waals surface area contributed by atoms with Crippen molar-refractivity contribution in [1.82, 2.24) is 9.88 Å². The van der Waals surface area contributed by atoms with Gasteiger partial charge in [0.1, 0.15) is 0 Å². The first kappa shape index (κ1) is 14.4. The summed E-state index contributed by atoms with van der Waals surface area (Å²) in [5.41, 5.74) is 8.71. The van der Waals surface area contributed by atoms with Gasteiger partial charge in [0.2, 0.25) is 0 Å². The first-order valence-electron chi connectivity index (χ1n) is 7.53. The molecule has 21 heavy (non-hydrogen) atoms.